The molecule has 1 aromatic rings. The van der Waals surface area contributed by atoms with E-state index in [-0.39, 0.29) is 17.7 Å². The lowest BCUT2D eigenvalue weighted by molar-refractivity contribution is -0.123. The van der Waals surface area contributed by atoms with Crippen LogP contribution in [-0.2, 0) is 9.59 Å². The maximum Gasteiger partial charge on any atom is 0.254 e. The molecule has 2 unspecified atom stereocenters. The van der Waals surface area contributed by atoms with E-state index in [4.69, 9.17) is 5.73 Å². The standard InChI is InChI=1S/C11H10N2O2/c12-11-6-8(11)9(14)13(10(11)15)7-4-2-1-3-5-7/h1-5,8H,6,12H2. The number of amides is 2. The number of fused-ring (bicyclic) bond motifs is 1. The van der Waals surface area contributed by atoms with Crippen molar-refractivity contribution < 1.29 is 9.59 Å². The monoisotopic (exact) mass is 202 g/mol. The molecular weight excluding hydrogens is 192 g/mol. The zero-order chi connectivity index (χ0) is 10.6. The molecule has 2 fully saturated rings. The van der Waals surface area contributed by atoms with Gasteiger partial charge in [0, 0.05) is 0 Å². The summed E-state index contributed by atoms with van der Waals surface area (Å²) in [7, 11) is 0. The zero-order valence-electron chi connectivity index (χ0n) is 8.01. The van der Waals surface area contributed by atoms with Crippen LogP contribution in [0.25, 0.3) is 0 Å². The molecule has 1 aromatic carbocycles. The Kier molecular flexibility index (Phi) is 1.41. The highest BCUT2D eigenvalue weighted by atomic mass is 16.2. The summed E-state index contributed by atoms with van der Waals surface area (Å²) in [6.45, 7) is 0. The molecule has 0 radical (unpaired) electrons. The minimum atomic E-state index is -0.896. The molecule has 1 saturated carbocycles. The smallest absolute Gasteiger partial charge is 0.254 e. The number of rotatable bonds is 1. The van der Waals surface area contributed by atoms with Crippen LogP contribution in [0.2, 0.25) is 0 Å². The predicted molar refractivity (Wildman–Crippen MR) is 54.0 cm³/mol. The first kappa shape index (κ1) is 8.61. The van der Waals surface area contributed by atoms with Gasteiger partial charge in [-0.15, -0.1) is 0 Å². The molecule has 1 aliphatic carbocycles. The number of imide groups is 1. The molecule has 76 valence electrons. The second-order valence-electron chi connectivity index (χ2n) is 4.11. The molecule has 0 bridgehead atoms. The minimum Gasteiger partial charge on any atom is -0.317 e. The number of nitrogens with two attached hydrogens (primary N) is 1. The number of piperidine rings is 1. The van der Waals surface area contributed by atoms with Gasteiger partial charge in [-0.3, -0.25) is 9.59 Å². The van der Waals surface area contributed by atoms with Crippen LogP contribution in [0.1, 0.15) is 6.42 Å². The normalized spacial score (nSPS) is 33.1. The maximum absolute atomic E-state index is 11.9. The van der Waals surface area contributed by atoms with Crippen molar-refractivity contribution in [3.05, 3.63) is 30.3 Å². The van der Waals surface area contributed by atoms with E-state index in [1.807, 2.05) is 6.07 Å². The Labute approximate surface area is 86.7 Å². The average molecular weight is 202 g/mol. The third-order valence-electron chi connectivity index (χ3n) is 3.14. The number of hydrogen-bond donors (Lipinski definition) is 1. The molecule has 1 heterocycles. The Hall–Kier alpha value is -1.68. The summed E-state index contributed by atoms with van der Waals surface area (Å²) < 4.78 is 0. The Balaban J connectivity index is 2.03. The van der Waals surface area contributed by atoms with Crippen molar-refractivity contribution in [1.29, 1.82) is 0 Å². The molecule has 1 saturated heterocycles. The van der Waals surface area contributed by atoms with Gasteiger partial charge in [-0.05, 0) is 18.6 Å². The Morgan fingerprint density at radius 3 is 2.47 bits per heavy atom. The number of carbonyl (C=O) groups excluding carboxylic acids is 2. The van der Waals surface area contributed by atoms with Gasteiger partial charge in [0.25, 0.3) is 5.91 Å². The van der Waals surface area contributed by atoms with Crippen molar-refractivity contribution in [2.75, 3.05) is 4.90 Å². The average Bonchev–Trinajstić information content (AvgIpc) is 2.89. The highest BCUT2D eigenvalue weighted by molar-refractivity contribution is 6.28. The molecule has 3 rings (SSSR count). The lowest BCUT2D eigenvalue weighted by Crippen LogP contribution is -2.41. The molecule has 4 heteroatoms. The number of carbonyl (C=O) groups is 2. The SMILES string of the molecule is NC12CC1C(=O)N(c1ccccc1)C2=O. The van der Waals surface area contributed by atoms with Crippen molar-refractivity contribution in [2.45, 2.75) is 12.0 Å². The Morgan fingerprint density at radius 2 is 1.93 bits per heavy atom. The van der Waals surface area contributed by atoms with Crippen molar-refractivity contribution in [1.82, 2.24) is 0 Å². The molecule has 1 aliphatic heterocycles. The number of hydrogen-bond acceptors (Lipinski definition) is 3. The molecule has 2 aliphatic rings. The van der Waals surface area contributed by atoms with E-state index in [1.165, 1.54) is 4.90 Å². The summed E-state index contributed by atoms with van der Waals surface area (Å²) >= 11 is 0. The fourth-order valence-electron chi connectivity index (χ4n) is 2.11. The van der Waals surface area contributed by atoms with Gasteiger partial charge in [-0.2, -0.15) is 0 Å². The predicted octanol–water partition coefficient (Wildman–Crippen LogP) is 0.277. The first-order valence-corrected chi connectivity index (χ1v) is 4.87. The maximum atomic E-state index is 11.9. The fourth-order valence-corrected chi connectivity index (χ4v) is 2.11. The zero-order valence-corrected chi connectivity index (χ0v) is 8.01. The number of benzene rings is 1. The number of para-hydroxylation sites is 1. The van der Waals surface area contributed by atoms with E-state index in [0.717, 1.165) is 0 Å². The quantitative estimate of drug-likeness (QED) is 0.665. The molecule has 0 aromatic heterocycles. The summed E-state index contributed by atoms with van der Waals surface area (Å²) in [5, 5.41) is 0. The van der Waals surface area contributed by atoms with Gasteiger partial charge in [0.1, 0.15) is 5.54 Å². The molecular formula is C11H10N2O2. The van der Waals surface area contributed by atoms with Crippen LogP contribution in [0.15, 0.2) is 30.3 Å². The van der Waals surface area contributed by atoms with Crippen molar-refractivity contribution in [2.24, 2.45) is 11.7 Å². The van der Waals surface area contributed by atoms with E-state index in [2.05, 4.69) is 0 Å². The van der Waals surface area contributed by atoms with Gasteiger partial charge >= 0.3 is 0 Å². The Bertz CT molecular complexity index is 457. The van der Waals surface area contributed by atoms with Gasteiger partial charge in [0.05, 0.1) is 11.6 Å². The second-order valence-corrected chi connectivity index (χ2v) is 4.11. The van der Waals surface area contributed by atoms with Gasteiger partial charge in [-0.1, -0.05) is 18.2 Å². The van der Waals surface area contributed by atoms with Crippen LogP contribution < -0.4 is 10.6 Å². The van der Waals surface area contributed by atoms with E-state index in [9.17, 15) is 9.59 Å². The molecule has 4 nitrogen and oxygen atoms in total. The second kappa shape index (κ2) is 2.46. The Morgan fingerprint density at radius 1 is 1.27 bits per heavy atom. The lowest BCUT2D eigenvalue weighted by atomic mass is 10.2. The highest BCUT2D eigenvalue weighted by Crippen LogP contribution is 2.50. The van der Waals surface area contributed by atoms with Crippen LogP contribution in [0.3, 0.4) is 0 Å². The fraction of sp³-hybridized carbons (Fsp3) is 0.273. The third-order valence-corrected chi connectivity index (χ3v) is 3.14. The summed E-state index contributed by atoms with van der Waals surface area (Å²) in [5.74, 6) is -0.706. The van der Waals surface area contributed by atoms with E-state index < -0.39 is 5.54 Å². The summed E-state index contributed by atoms with van der Waals surface area (Å²) in [4.78, 5) is 24.9. The summed E-state index contributed by atoms with van der Waals surface area (Å²) in [6.07, 6.45) is 0.508. The number of nitrogens with zero attached hydrogens (tertiary/aromatic N) is 1. The molecule has 2 N–H and O–H groups in total. The van der Waals surface area contributed by atoms with Crippen LogP contribution in [0.5, 0.6) is 0 Å². The first-order valence-electron chi connectivity index (χ1n) is 4.87. The number of anilines is 1. The van der Waals surface area contributed by atoms with Gasteiger partial charge in [0.15, 0.2) is 0 Å². The van der Waals surface area contributed by atoms with Gasteiger partial charge < -0.3 is 5.73 Å². The van der Waals surface area contributed by atoms with Crippen molar-refractivity contribution in [3.63, 3.8) is 0 Å². The first-order chi connectivity index (χ1) is 7.14. The van der Waals surface area contributed by atoms with Gasteiger partial charge in [0.2, 0.25) is 5.91 Å². The lowest BCUT2D eigenvalue weighted by Gasteiger charge is -2.17. The van der Waals surface area contributed by atoms with Gasteiger partial charge in [-0.25, -0.2) is 4.90 Å². The summed E-state index contributed by atoms with van der Waals surface area (Å²) in [6, 6.07) is 8.91. The van der Waals surface area contributed by atoms with Crippen LogP contribution in [0.4, 0.5) is 5.69 Å². The van der Waals surface area contributed by atoms with E-state index in [1.54, 1.807) is 24.3 Å². The van der Waals surface area contributed by atoms with E-state index in [0.29, 0.717) is 12.1 Å². The van der Waals surface area contributed by atoms with Crippen molar-refractivity contribution in [3.8, 4) is 0 Å². The molecule has 0 spiro atoms. The minimum absolute atomic E-state index is 0.159. The van der Waals surface area contributed by atoms with Crippen molar-refractivity contribution >= 4 is 17.5 Å². The summed E-state index contributed by atoms with van der Waals surface area (Å²) in [5.41, 5.74) is 5.52. The van der Waals surface area contributed by atoms with Crippen LogP contribution >= 0.6 is 0 Å². The van der Waals surface area contributed by atoms with Crippen LogP contribution in [-0.4, -0.2) is 17.4 Å². The molecule has 2 atom stereocenters. The van der Waals surface area contributed by atoms with Crippen LogP contribution in [0, 0.1) is 5.92 Å². The molecule has 15 heavy (non-hydrogen) atoms. The highest BCUT2D eigenvalue weighted by Gasteiger charge is 2.70. The van der Waals surface area contributed by atoms with E-state index >= 15 is 0 Å². The topological polar surface area (TPSA) is 63.4 Å². The largest absolute Gasteiger partial charge is 0.317 e. The molecule has 2 amide bonds. The third kappa shape index (κ3) is 0.942.